The van der Waals surface area contributed by atoms with Gasteiger partial charge in [0.25, 0.3) is 0 Å². The van der Waals surface area contributed by atoms with E-state index in [0.29, 0.717) is 5.56 Å². The van der Waals surface area contributed by atoms with Gasteiger partial charge in [0.05, 0.1) is 6.61 Å². The summed E-state index contributed by atoms with van der Waals surface area (Å²) >= 11 is 0. The number of aliphatic hydroxyl groups is 1. The molecular formula is C27H24O4. The van der Waals surface area contributed by atoms with Crippen LogP contribution >= 0.6 is 0 Å². The first kappa shape index (κ1) is 21.8. The van der Waals surface area contributed by atoms with Gasteiger partial charge >= 0.3 is 5.97 Å². The smallest absolute Gasteiger partial charge is 0.323 e. The highest BCUT2D eigenvalue weighted by atomic mass is 16.4. The number of phenols is 1. The second-order valence-corrected chi connectivity index (χ2v) is 6.94. The van der Waals surface area contributed by atoms with Crippen LogP contribution in [-0.4, -0.2) is 21.3 Å². The van der Waals surface area contributed by atoms with E-state index in [4.69, 9.17) is 10.2 Å². The molecule has 0 amide bonds. The topological polar surface area (TPSA) is 77.8 Å². The molecular weight excluding hydrogens is 388 g/mol. The molecule has 0 heterocycles. The second-order valence-electron chi connectivity index (χ2n) is 6.94. The van der Waals surface area contributed by atoms with Gasteiger partial charge in [-0.2, -0.15) is 0 Å². The summed E-state index contributed by atoms with van der Waals surface area (Å²) in [5.74, 6) is -0.726. The summed E-state index contributed by atoms with van der Waals surface area (Å²) in [6.45, 7) is -0.104. The Morgan fingerprint density at radius 1 is 0.613 bits per heavy atom. The fourth-order valence-electron chi connectivity index (χ4n) is 3.58. The van der Waals surface area contributed by atoms with Crippen molar-refractivity contribution >= 4 is 5.97 Å². The van der Waals surface area contributed by atoms with E-state index in [1.807, 2.05) is 91.0 Å². The van der Waals surface area contributed by atoms with Crippen molar-refractivity contribution in [3.05, 3.63) is 138 Å². The highest BCUT2D eigenvalue weighted by Gasteiger charge is 2.43. The number of carboxylic acid groups (broad SMARTS) is 1. The van der Waals surface area contributed by atoms with E-state index in [1.54, 1.807) is 24.3 Å². The zero-order valence-corrected chi connectivity index (χ0v) is 16.9. The molecule has 0 spiro atoms. The molecule has 4 rings (SSSR count). The van der Waals surface area contributed by atoms with Crippen LogP contribution in [0.15, 0.2) is 115 Å². The average molecular weight is 412 g/mol. The summed E-state index contributed by atoms with van der Waals surface area (Å²) < 4.78 is 0. The highest BCUT2D eigenvalue weighted by molar-refractivity contribution is 5.90. The van der Waals surface area contributed by atoms with E-state index >= 15 is 0 Å². The van der Waals surface area contributed by atoms with Crippen molar-refractivity contribution in [1.82, 2.24) is 0 Å². The minimum Gasteiger partial charge on any atom is -0.508 e. The highest BCUT2D eigenvalue weighted by Crippen LogP contribution is 2.39. The predicted octanol–water partition coefficient (Wildman–Crippen LogP) is 4.99. The maximum absolute atomic E-state index is 12.4. The lowest BCUT2D eigenvalue weighted by molar-refractivity contribution is -0.140. The second kappa shape index (κ2) is 10.2. The molecule has 0 fully saturated rings. The fourth-order valence-corrected chi connectivity index (χ4v) is 3.58. The molecule has 0 bridgehead atoms. The van der Waals surface area contributed by atoms with Gasteiger partial charge in [-0.15, -0.1) is 0 Å². The van der Waals surface area contributed by atoms with Crippen molar-refractivity contribution in [3.8, 4) is 5.75 Å². The Morgan fingerprint density at radius 3 is 1.26 bits per heavy atom. The van der Waals surface area contributed by atoms with Crippen LogP contribution in [-0.2, 0) is 16.8 Å². The quantitative estimate of drug-likeness (QED) is 0.404. The predicted molar refractivity (Wildman–Crippen MR) is 121 cm³/mol. The van der Waals surface area contributed by atoms with Crippen molar-refractivity contribution in [2.45, 2.75) is 12.0 Å². The van der Waals surface area contributed by atoms with Gasteiger partial charge in [-0.25, -0.2) is 0 Å². The van der Waals surface area contributed by atoms with Crippen molar-refractivity contribution in [2.75, 3.05) is 0 Å². The van der Waals surface area contributed by atoms with Crippen molar-refractivity contribution in [2.24, 2.45) is 0 Å². The van der Waals surface area contributed by atoms with Gasteiger partial charge < -0.3 is 15.3 Å². The van der Waals surface area contributed by atoms with Crippen LogP contribution in [0.4, 0.5) is 0 Å². The largest absolute Gasteiger partial charge is 0.508 e. The molecule has 0 unspecified atom stereocenters. The first-order chi connectivity index (χ1) is 15.1. The van der Waals surface area contributed by atoms with Crippen molar-refractivity contribution in [1.29, 1.82) is 0 Å². The molecule has 3 N–H and O–H groups in total. The maximum Gasteiger partial charge on any atom is 0.323 e. The van der Waals surface area contributed by atoms with Gasteiger partial charge in [-0.1, -0.05) is 109 Å². The summed E-state index contributed by atoms with van der Waals surface area (Å²) in [5.41, 5.74) is 1.61. The molecule has 0 aliphatic heterocycles. The lowest BCUT2D eigenvalue weighted by Crippen LogP contribution is -2.38. The van der Waals surface area contributed by atoms with Crippen LogP contribution in [0.5, 0.6) is 5.75 Å². The minimum absolute atomic E-state index is 0.104. The Morgan fingerprint density at radius 2 is 0.968 bits per heavy atom. The summed E-state index contributed by atoms with van der Waals surface area (Å²) in [6.07, 6.45) is 0. The standard InChI is InChI=1S/C20H16O2.C7H8O2/c21-19(22)20(16-10-4-1-5-11-16,17-12-6-2-7-13-17)18-14-8-3-9-15-18;8-5-6-3-1-2-4-7(6)9/h1-15H,(H,21,22);1-4,8-9H,5H2. The molecule has 0 saturated carbocycles. The number of aliphatic carboxylic acids is 1. The number of hydrogen-bond donors (Lipinski definition) is 3. The normalized spacial score (nSPS) is 10.6. The third-order valence-corrected chi connectivity index (χ3v) is 5.10. The molecule has 4 aromatic carbocycles. The molecule has 4 heteroatoms. The maximum atomic E-state index is 12.4. The monoisotopic (exact) mass is 412 g/mol. The number of hydrogen-bond acceptors (Lipinski definition) is 3. The number of carbonyl (C=O) groups is 1. The van der Waals surface area contributed by atoms with Crippen LogP contribution in [0.2, 0.25) is 0 Å². The molecule has 0 atom stereocenters. The van der Waals surface area contributed by atoms with Crippen LogP contribution < -0.4 is 0 Å². The van der Waals surface area contributed by atoms with E-state index in [9.17, 15) is 9.90 Å². The van der Waals surface area contributed by atoms with E-state index < -0.39 is 11.4 Å². The van der Waals surface area contributed by atoms with E-state index in [0.717, 1.165) is 16.7 Å². The van der Waals surface area contributed by atoms with Gasteiger partial charge in [0.1, 0.15) is 11.2 Å². The molecule has 156 valence electrons. The lowest BCUT2D eigenvalue weighted by Gasteiger charge is -2.31. The first-order valence-electron chi connectivity index (χ1n) is 9.88. The average Bonchev–Trinajstić information content (AvgIpc) is 2.82. The van der Waals surface area contributed by atoms with Crippen LogP contribution in [0.1, 0.15) is 22.3 Å². The molecule has 4 aromatic rings. The Bertz CT molecular complexity index is 997. The van der Waals surface area contributed by atoms with E-state index in [1.165, 1.54) is 0 Å². The van der Waals surface area contributed by atoms with Crippen LogP contribution in [0.25, 0.3) is 0 Å². The molecule has 0 aliphatic carbocycles. The third-order valence-electron chi connectivity index (χ3n) is 5.10. The Labute approximate surface area is 181 Å². The molecule has 0 saturated heterocycles. The fraction of sp³-hybridized carbons (Fsp3) is 0.0741. The number of benzene rings is 4. The molecule has 0 aromatic heterocycles. The SMILES string of the molecule is O=C(O)C(c1ccccc1)(c1ccccc1)c1ccccc1.OCc1ccccc1O. The molecule has 31 heavy (non-hydrogen) atoms. The Hall–Kier alpha value is -3.89. The third kappa shape index (κ3) is 4.65. The summed E-state index contributed by atoms with van der Waals surface area (Å²) in [7, 11) is 0. The van der Waals surface area contributed by atoms with E-state index in [-0.39, 0.29) is 12.4 Å². The van der Waals surface area contributed by atoms with Gasteiger partial charge in [0.2, 0.25) is 0 Å². The number of para-hydroxylation sites is 1. The van der Waals surface area contributed by atoms with Gasteiger partial charge in [-0.3, -0.25) is 4.79 Å². The molecule has 0 aliphatic rings. The van der Waals surface area contributed by atoms with Crippen LogP contribution in [0.3, 0.4) is 0 Å². The number of carboxylic acids is 1. The molecule has 4 nitrogen and oxygen atoms in total. The zero-order chi connectivity index (χ0) is 22.1. The Balaban J connectivity index is 0.000000254. The van der Waals surface area contributed by atoms with E-state index in [2.05, 4.69) is 0 Å². The van der Waals surface area contributed by atoms with Crippen LogP contribution in [0, 0.1) is 0 Å². The lowest BCUT2D eigenvalue weighted by atomic mass is 9.69. The number of aromatic hydroxyl groups is 1. The van der Waals surface area contributed by atoms with Gasteiger partial charge in [-0.05, 0) is 22.8 Å². The number of aliphatic hydroxyl groups excluding tert-OH is 1. The first-order valence-corrected chi connectivity index (χ1v) is 9.88. The zero-order valence-electron chi connectivity index (χ0n) is 16.9. The number of rotatable bonds is 5. The van der Waals surface area contributed by atoms with Gasteiger partial charge in [0.15, 0.2) is 0 Å². The van der Waals surface area contributed by atoms with Crippen molar-refractivity contribution < 1.29 is 20.1 Å². The summed E-state index contributed by atoms with van der Waals surface area (Å²) in [4.78, 5) is 12.4. The summed E-state index contributed by atoms with van der Waals surface area (Å²) in [6, 6.07) is 34.9. The van der Waals surface area contributed by atoms with Crippen molar-refractivity contribution in [3.63, 3.8) is 0 Å². The summed E-state index contributed by atoms with van der Waals surface area (Å²) in [5, 5.41) is 27.7. The van der Waals surface area contributed by atoms with Gasteiger partial charge in [0, 0.05) is 5.56 Å². The minimum atomic E-state index is -1.20. The molecule has 0 radical (unpaired) electrons. The Kier molecular flexibility index (Phi) is 7.20.